The maximum atomic E-state index is 5.81. The van der Waals surface area contributed by atoms with Gasteiger partial charge < -0.3 is 19.8 Å². The molecule has 0 amide bonds. The minimum absolute atomic E-state index is 0.0497. The predicted octanol–water partition coefficient (Wildman–Crippen LogP) is 4.57. The van der Waals surface area contributed by atoms with Gasteiger partial charge in [-0.15, -0.1) is 11.3 Å². The molecule has 0 saturated heterocycles. The molecule has 1 aromatic carbocycles. The summed E-state index contributed by atoms with van der Waals surface area (Å²) in [7, 11) is 3.43. The molecule has 7 heteroatoms. The third-order valence-corrected chi connectivity index (χ3v) is 5.52. The van der Waals surface area contributed by atoms with Crippen LogP contribution < -0.4 is 15.4 Å². The summed E-state index contributed by atoms with van der Waals surface area (Å²) in [5.74, 6) is 3.10. The van der Waals surface area contributed by atoms with Gasteiger partial charge in [-0.3, -0.25) is 4.99 Å². The van der Waals surface area contributed by atoms with Gasteiger partial charge in [0, 0.05) is 22.2 Å². The van der Waals surface area contributed by atoms with Crippen LogP contribution in [0.3, 0.4) is 0 Å². The zero-order chi connectivity index (χ0) is 20.9. The summed E-state index contributed by atoms with van der Waals surface area (Å²) in [6.45, 7) is 7.49. The van der Waals surface area contributed by atoms with E-state index < -0.39 is 0 Å². The molecule has 154 valence electrons. The molecule has 0 atom stereocenters. The van der Waals surface area contributed by atoms with Gasteiger partial charge in [0.25, 0.3) is 0 Å². The third kappa shape index (κ3) is 5.60. The molecule has 0 aliphatic rings. The van der Waals surface area contributed by atoms with Gasteiger partial charge in [0.15, 0.2) is 5.96 Å². The van der Waals surface area contributed by atoms with E-state index >= 15 is 0 Å². The number of guanidine groups is 1. The Hall–Kier alpha value is -2.80. The van der Waals surface area contributed by atoms with Crippen molar-refractivity contribution in [3.05, 3.63) is 59.1 Å². The number of thiophene rings is 1. The molecule has 0 spiro atoms. The molecule has 2 aromatic heterocycles. The number of aliphatic imine (C=N–C) groups is 1. The number of hydrogen-bond acceptors (Lipinski definition) is 5. The number of nitrogens with zero attached hydrogens (tertiary/aromatic N) is 2. The van der Waals surface area contributed by atoms with Crippen LogP contribution in [0.15, 0.2) is 52.0 Å². The molecular weight excluding hydrogens is 384 g/mol. The molecule has 29 heavy (non-hydrogen) atoms. The Balaban J connectivity index is 1.53. The number of oxazole rings is 1. The van der Waals surface area contributed by atoms with Crippen LogP contribution in [0.5, 0.6) is 5.75 Å². The Labute approximate surface area is 176 Å². The first-order valence-corrected chi connectivity index (χ1v) is 10.3. The molecule has 0 fully saturated rings. The fraction of sp³-hybridized carbons (Fsp3) is 0.364. The van der Waals surface area contributed by atoms with Gasteiger partial charge in [-0.25, -0.2) is 4.98 Å². The largest absolute Gasteiger partial charge is 0.497 e. The number of aromatic nitrogens is 1. The van der Waals surface area contributed by atoms with Crippen LogP contribution in [-0.4, -0.2) is 25.1 Å². The van der Waals surface area contributed by atoms with Crippen molar-refractivity contribution < 1.29 is 9.15 Å². The minimum Gasteiger partial charge on any atom is -0.497 e. The van der Waals surface area contributed by atoms with Crippen LogP contribution in [0.4, 0.5) is 0 Å². The van der Waals surface area contributed by atoms with E-state index in [0.29, 0.717) is 24.9 Å². The predicted molar refractivity (Wildman–Crippen MR) is 119 cm³/mol. The smallest absolute Gasteiger partial charge is 0.213 e. The van der Waals surface area contributed by atoms with Crippen LogP contribution in [0.1, 0.15) is 37.3 Å². The van der Waals surface area contributed by atoms with Crippen LogP contribution in [0.2, 0.25) is 0 Å². The Morgan fingerprint density at radius 1 is 1.10 bits per heavy atom. The molecule has 2 N–H and O–H groups in total. The average molecular weight is 413 g/mol. The molecule has 0 saturated carbocycles. The first-order chi connectivity index (χ1) is 13.9. The summed E-state index contributed by atoms with van der Waals surface area (Å²) in [6.07, 6.45) is 1.79. The number of ether oxygens (including phenoxy) is 1. The Morgan fingerprint density at radius 2 is 1.83 bits per heavy atom. The highest BCUT2D eigenvalue weighted by Crippen LogP contribution is 2.29. The highest BCUT2D eigenvalue weighted by molar-refractivity contribution is 7.15. The van der Waals surface area contributed by atoms with Gasteiger partial charge in [0.1, 0.15) is 11.5 Å². The number of nitrogens with one attached hydrogen (secondary N) is 2. The Morgan fingerprint density at radius 3 is 2.45 bits per heavy atom. The average Bonchev–Trinajstić information content (AvgIpc) is 3.38. The van der Waals surface area contributed by atoms with E-state index in [9.17, 15) is 0 Å². The van der Waals surface area contributed by atoms with E-state index in [2.05, 4.69) is 65.6 Å². The van der Waals surface area contributed by atoms with Crippen molar-refractivity contribution in [2.45, 2.75) is 39.3 Å². The molecular formula is C22H28N4O2S. The fourth-order valence-corrected chi connectivity index (χ4v) is 3.63. The van der Waals surface area contributed by atoms with Crippen molar-refractivity contribution in [3.8, 4) is 16.2 Å². The summed E-state index contributed by atoms with van der Waals surface area (Å²) < 4.78 is 11.0. The Kier molecular flexibility index (Phi) is 6.59. The molecule has 2 heterocycles. The van der Waals surface area contributed by atoms with Gasteiger partial charge in [-0.1, -0.05) is 20.8 Å². The number of methoxy groups -OCH3 is 1. The zero-order valence-electron chi connectivity index (χ0n) is 17.6. The van der Waals surface area contributed by atoms with Crippen molar-refractivity contribution in [3.63, 3.8) is 0 Å². The van der Waals surface area contributed by atoms with Crippen LogP contribution in [-0.2, 0) is 18.5 Å². The normalized spacial score (nSPS) is 12.1. The second-order valence-corrected chi connectivity index (χ2v) is 8.81. The number of rotatable bonds is 6. The van der Waals surface area contributed by atoms with Crippen molar-refractivity contribution in [2.24, 2.45) is 4.99 Å². The highest BCUT2D eigenvalue weighted by Gasteiger charge is 2.19. The lowest BCUT2D eigenvalue weighted by Crippen LogP contribution is -2.36. The first-order valence-electron chi connectivity index (χ1n) is 9.52. The van der Waals surface area contributed by atoms with Gasteiger partial charge in [0.05, 0.1) is 26.4 Å². The van der Waals surface area contributed by atoms with E-state index in [-0.39, 0.29) is 5.41 Å². The molecule has 0 aliphatic carbocycles. The summed E-state index contributed by atoms with van der Waals surface area (Å²) in [5, 5.41) is 6.58. The maximum Gasteiger partial charge on any atom is 0.213 e. The topological polar surface area (TPSA) is 71.7 Å². The molecule has 3 aromatic rings. The summed E-state index contributed by atoms with van der Waals surface area (Å²) in [4.78, 5) is 11.1. The first kappa shape index (κ1) is 20.9. The molecule has 0 bridgehead atoms. The Bertz CT molecular complexity index is 952. The van der Waals surface area contributed by atoms with Crippen LogP contribution in [0, 0.1) is 0 Å². The van der Waals surface area contributed by atoms with E-state index in [4.69, 9.17) is 9.15 Å². The van der Waals surface area contributed by atoms with E-state index in [1.165, 1.54) is 15.3 Å². The van der Waals surface area contributed by atoms with Crippen molar-refractivity contribution in [1.82, 2.24) is 15.6 Å². The molecule has 3 rings (SSSR count). The van der Waals surface area contributed by atoms with Crippen LogP contribution in [0.25, 0.3) is 10.4 Å². The number of hydrogen-bond donors (Lipinski definition) is 2. The quantitative estimate of drug-likeness (QED) is 0.458. The van der Waals surface area contributed by atoms with Crippen molar-refractivity contribution in [1.29, 1.82) is 0 Å². The van der Waals surface area contributed by atoms with Gasteiger partial charge >= 0.3 is 0 Å². The molecule has 6 nitrogen and oxygen atoms in total. The molecule has 0 radical (unpaired) electrons. The molecule has 0 unspecified atom stereocenters. The monoisotopic (exact) mass is 412 g/mol. The maximum absolute atomic E-state index is 5.81. The van der Waals surface area contributed by atoms with Gasteiger partial charge in [0.2, 0.25) is 5.89 Å². The minimum atomic E-state index is -0.0497. The van der Waals surface area contributed by atoms with E-state index in [1.807, 2.05) is 12.1 Å². The standard InChI is InChI=1S/C22H28N4O2S/c1-22(2,3)19-13-24-20(28-19)14-26-21(23-4)25-12-17-10-11-18(29-17)15-6-8-16(27-5)9-7-15/h6-11,13H,12,14H2,1-5H3,(H2,23,25,26). The summed E-state index contributed by atoms with van der Waals surface area (Å²) in [5.41, 5.74) is 1.13. The van der Waals surface area contributed by atoms with Crippen molar-refractivity contribution >= 4 is 17.3 Å². The third-order valence-electron chi connectivity index (χ3n) is 4.39. The van der Waals surface area contributed by atoms with Gasteiger partial charge in [-0.2, -0.15) is 0 Å². The number of benzene rings is 1. The van der Waals surface area contributed by atoms with Crippen LogP contribution >= 0.6 is 11.3 Å². The molecule has 0 aliphatic heterocycles. The lowest BCUT2D eigenvalue weighted by molar-refractivity contribution is 0.379. The van der Waals surface area contributed by atoms with Crippen molar-refractivity contribution in [2.75, 3.05) is 14.2 Å². The van der Waals surface area contributed by atoms with Gasteiger partial charge in [-0.05, 0) is 42.0 Å². The fourth-order valence-electron chi connectivity index (χ4n) is 2.67. The van der Waals surface area contributed by atoms with E-state index in [0.717, 1.165) is 11.5 Å². The lowest BCUT2D eigenvalue weighted by Gasteiger charge is -2.13. The SMILES string of the molecule is CN=C(NCc1ncc(C(C)(C)C)o1)NCc1ccc(-c2ccc(OC)cc2)s1. The zero-order valence-corrected chi connectivity index (χ0v) is 18.4. The van der Waals surface area contributed by atoms with E-state index in [1.54, 1.807) is 31.7 Å². The summed E-state index contributed by atoms with van der Waals surface area (Å²) >= 11 is 1.76. The lowest BCUT2D eigenvalue weighted by atomic mass is 9.94. The summed E-state index contributed by atoms with van der Waals surface area (Å²) in [6, 6.07) is 12.4. The second-order valence-electron chi connectivity index (χ2n) is 7.64. The second kappa shape index (κ2) is 9.13. The highest BCUT2D eigenvalue weighted by atomic mass is 32.1.